The average Bonchev–Trinajstić information content (AvgIpc) is 2.51. The zero-order valence-electron chi connectivity index (χ0n) is 13.2. The summed E-state index contributed by atoms with van der Waals surface area (Å²) in [5.41, 5.74) is 7.64. The Morgan fingerprint density at radius 2 is 1.95 bits per heavy atom. The van der Waals surface area contributed by atoms with Gasteiger partial charge in [-0.25, -0.2) is 0 Å². The first-order valence-corrected chi connectivity index (χ1v) is 7.78. The van der Waals surface area contributed by atoms with E-state index in [0.717, 1.165) is 30.5 Å². The van der Waals surface area contributed by atoms with Crippen LogP contribution in [0.5, 0.6) is 0 Å². The van der Waals surface area contributed by atoms with Crippen LogP contribution in [0.15, 0.2) is 24.3 Å². The molecule has 0 aromatic heterocycles. The van der Waals surface area contributed by atoms with Gasteiger partial charge in [-0.3, -0.25) is 4.79 Å². The van der Waals surface area contributed by atoms with Crippen LogP contribution in [-0.4, -0.2) is 24.2 Å². The molecule has 1 aromatic carbocycles. The number of rotatable bonds is 9. The number of nitrogens with two attached hydrogens (primary N) is 1. The standard InChI is InChI=1S/C17H28N2O2/c1-3-17(4-2,11-12-20)13-19-16(21)10-9-14-7-5-6-8-15(14)18/h5-8,20H,3-4,9-13,18H2,1-2H3,(H,19,21). The van der Waals surface area contributed by atoms with E-state index in [1.165, 1.54) is 0 Å². The van der Waals surface area contributed by atoms with Gasteiger partial charge in [0.2, 0.25) is 5.91 Å². The normalized spacial score (nSPS) is 11.4. The Bertz CT molecular complexity index is 442. The molecule has 0 atom stereocenters. The topological polar surface area (TPSA) is 75.3 Å². The number of para-hydroxylation sites is 1. The maximum absolute atomic E-state index is 12.0. The summed E-state index contributed by atoms with van der Waals surface area (Å²) in [6.07, 6.45) is 3.73. The molecule has 4 nitrogen and oxygen atoms in total. The van der Waals surface area contributed by atoms with Gasteiger partial charge >= 0.3 is 0 Å². The molecule has 0 saturated heterocycles. The Hall–Kier alpha value is -1.55. The SMILES string of the molecule is CCC(CC)(CCO)CNC(=O)CCc1ccccc1N. The van der Waals surface area contributed by atoms with E-state index < -0.39 is 0 Å². The first-order chi connectivity index (χ1) is 10.1. The van der Waals surface area contributed by atoms with Crippen LogP contribution < -0.4 is 11.1 Å². The molecule has 21 heavy (non-hydrogen) atoms. The molecule has 0 aliphatic rings. The van der Waals surface area contributed by atoms with Crippen molar-refractivity contribution in [2.24, 2.45) is 5.41 Å². The molecule has 0 aliphatic carbocycles. The van der Waals surface area contributed by atoms with Gasteiger partial charge in [0, 0.05) is 25.3 Å². The lowest BCUT2D eigenvalue weighted by Gasteiger charge is -2.31. The van der Waals surface area contributed by atoms with Gasteiger partial charge in [-0.05, 0) is 42.7 Å². The summed E-state index contributed by atoms with van der Waals surface area (Å²) in [6, 6.07) is 7.64. The third-order valence-electron chi connectivity index (χ3n) is 4.48. The van der Waals surface area contributed by atoms with Crippen LogP contribution in [0, 0.1) is 5.41 Å². The average molecular weight is 292 g/mol. The summed E-state index contributed by atoms with van der Waals surface area (Å²) in [6.45, 7) is 5.01. The summed E-state index contributed by atoms with van der Waals surface area (Å²) >= 11 is 0. The van der Waals surface area contributed by atoms with Crippen molar-refractivity contribution < 1.29 is 9.90 Å². The fourth-order valence-electron chi connectivity index (χ4n) is 2.56. The molecular weight excluding hydrogens is 264 g/mol. The van der Waals surface area contributed by atoms with Crippen LogP contribution in [0.1, 0.15) is 45.1 Å². The predicted octanol–water partition coefficient (Wildman–Crippen LogP) is 2.51. The van der Waals surface area contributed by atoms with E-state index in [1.807, 2.05) is 24.3 Å². The molecule has 118 valence electrons. The van der Waals surface area contributed by atoms with Gasteiger partial charge in [0.1, 0.15) is 0 Å². The monoisotopic (exact) mass is 292 g/mol. The second-order valence-corrected chi connectivity index (χ2v) is 5.66. The smallest absolute Gasteiger partial charge is 0.220 e. The van der Waals surface area contributed by atoms with Gasteiger partial charge in [0.25, 0.3) is 0 Å². The van der Waals surface area contributed by atoms with Crippen LogP contribution in [-0.2, 0) is 11.2 Å². The first kappa shape index (κ1) is 17.5. The Morgan fingerprint density at radius 3 is 2.52 bits per heavy atom. The molecule has 0 radical (unpaired) electrons. The molecule has 0 bridgehead atoms. The molecular formula is C17H28N2O2. The zero-order chi connectivity index (χ0) is 15.7. The lowest BCUT2D eigenvalue weighted by molar-refractivity contribution is -0.121. The molecule has 0 fully saturated rings. The van der Waals surface area contributed by atoms with Crippen molar-refractivity contribution in [3.8, 4) is 0 Å². The molecule has 0 spiro atoms. The number of anilines is 1. The summed E-state index contributed by atoms with van der Waals surface area (Å²) in [5.74, 6) is 0.0440. The van der Waals surface area contributed by atoms with Gasteiger partial charge in [-0.15, -0.1) is 0 Å². The fraction of sp³-hybridized carbons (Fsp3) is 0.588. The van der Waals surface area contributed by atoms with Gasteiger partial charge in [-0.1, -0.05) is 32.0 Å². The number of aliphatic hydroxyl groups excluding tert-OH is 1. The van der Waals surface area contributed by atoms with E-state index in [1.54, 1.807) is 0 Å². The lowest BCUT2D eigenvalue weighted by atomic mass is 9.79. The van der Waals surface area contributed by atoms with Crippen molar-refractivity contribution in [2.45, 2.75) is 46.0 Å². The van der Waals surface area contributed by atoms with Gasteiger partial charge in [0.15, 0.2) is 0 Å². The van der Waals surface area contributed by atoms with Gasteiger partial charge in [0.05, 0.1) is 0 Å². The number of aliphatic hydroxyl groups is 1. The molecule has 1 amide bonds. The number of hydrogen-bond acceptors (Lipinski definition) is 3. The highest BCUT2D eigenvalue weighted by atomic mass is 16.3. The fourth-order valence-corrected chi connectivity index (χ4v) is 2.56. The van der Waals surface area contributed by atoms with E-state index in [-0.39, 0.29) is 17.9 Å². The second kappa shape index (κ2) is 8.67. The molecule has 0 unspecified atom stereocenters. The zero-order valence-corrected chi connectivity index (χ0v) is 13.2. The van der Waals surface area contributed by atoms with E-state index >= 15 is 0 Å². The molecule has 0 saturated carbocycles. The molecule has 4 heteroatoms. The van der Waals surface area contributed by atoms with Crippen LogP contribution in [0.25, 0.3) is 0 Å². The highest BCUT2D eigenvalue weighted by Gasteiger charge is 2.25. The van der Waals surface area contributed by atoms with Crippen molar-refractivity contribution in [1.82, 2.24) is 5.32 Å². The minimum Gasteiger partial charge on any atom is -0.399 e. The van der Waals surface area contributed by atoms with E-state index in [0.29, 0.717) is 19.4 Å². The third-order valence-corrected chi connectivity index (χ3v) is 4.48. The van der Waals surface area contributed by atoms with Crippen LogP contribution in [0.2, 0.25) is 0 Å². The maximum Gasteiger partial charge on any atom is 0.220 e. The largest absolute Gasteiger partial charge is 0.399 e. The number of carbonyl (C=O) groups excluding carboxylic acids is 1. The first-order valence-electron chi connectivity index (χ1n) is 7.78. The van der Waals surface area contributed by atoms with E-state index in [9.17, 15) is 9.90 Å². The maximum atomic E-state index is 12.0. The molecule has 0 aliphatic heterocycles. The Kier molecular flexibility index (Phi) is 7.23. The predicted molar refractivity (Wildman–Crippen MR) is 86.9 cm³/mol. The highest BCUT2D eigenvalue weighted by molar-refractivity contribution is 5.76. The van der Waals surface area contributed by atoms with Crippen molar-refractivity contribution in [2.75, 3.05) is 18.9 Å². The summed E-state index contributed by atoms with van der Waals surface area (Å²) in [5, 5.41) is 12.2. The van der Waals surface area contributed by atoms with Crippen molar-refractivity contribution in [3.05, 3.63) is 29.8 Å². The van der Waals surface area contributed by atoms with Crippen molar-refractivity contribution in [3.63, 3.8) is 0 Å². The number of nitrogens with one attached hydrogen (secondary N) is 1. The number of aryl methyl sites for hydroxylation is 1. The lowest BCUT2D eigenvalue weighted by Crippen LogP contribution is -2.37. The summed E-state index contributed by atoms with van der Waals surface area (Å²) in [7, 11) is 0. The number of benzene rings is 1. The van der Waals surface area contributed by atoms with Crippen LogP contribution >= 0.6 is 0 Å². The highest BCUT2D eigenvalue weighted by Crippen LogP contribution is 2.29. The van der Waals surface area contributed by atoms with Crippen LogP contribution in [0.4, 0.5) is 5.69 Å². The Balaban J connectivity index is 2.45. The quantitative estimate of drug-likeness (QED) is 0.612. The van der Waals surface area contributed by atoms with Crippen LogP contribution in [0.3, 0.4) is 0 Å². The van der Waals surface area contributed by atoms with E-state index in [4.69, 9.17) is 5.73 Å². The third kappa shape index (κ3) is 5.38. The number of nitrogen functional groups attached to an aromatic ring is 1. The van der Waals surface area contributed by atoms with Crippen molar-refractivity contribution >= 4 is 11.6 Å². The summed E-state index contributed by atoms with van der Waals surface area (Å²) < 4.78 is 0. The number of carbonyl (C=O) groups is 1. The molecule has 1 aromatic rings. The number of hydrogen-bond donors (Lipinski definition) is 3. The Morgan fingerprint density at radius 1 is 1.29 bits per heavy atom. The van der Waals surface area contributed by atoms with Gasteiger partial charge in [-0.2, -0.15) is 0 Å². The molecule has 1 rings (SSSR count). The van der Waals surface area contributed by atoms with Gasteiger partial charge < -0.3 is 16.2 Å². The second-order valence-electron chi connectivity index (χ2n) is 5.66. The van der Waals surface area contributed by atoms with E-state index in [2.05, 4.69) is 19.2 Å². The number of amides is 1. The minimum atomic E-state index is 0.0101. The van der Waals surface area contributed by atoms with Crippen molar-refractivity contribution in [1.29, 1.82) is 0 Å². The molecule has 4 N–H and O–H groups in total. The molecule has 0 heterocycles. The minimum absolute atomic E-state index is 0.0101. The Labute approximate surface area is 127 Å². The summed E-state index contributed by atoms with van der Waals surface area (Å²) in [4.78, 5) is 12.0.